The molecule has 0 bridgehead atoms. The molecule has 0 N–H and O–H groups in total. The number of unbranched alkanes of at least 4 members (excludes halogenated alkanes) is 7. The molecule has 0 aliphatic carbocycles. The molecule has 0 spiro atoms. The standard InChI is InChI=1S/C29H41NO3/c1-4-6-7-8-9-10-11-14-21-32-26-19-17-25(18-20-26)22-30-28-16-13-12-15-27(28)29(31)33-23-24(3)5-2/h12-13,15-20,22,24H,4-11,14,21,23H2,1-3H3. The summed E-state index contributed by atoms with van der Waals surface area (Å²) in [6, 6.07) is 15.2. The maximum Gasteiger partial charge on any atom is 0.340 e. The van der Waals surface area contributed by atoms with Crippen LogP contribution in [0.3, 0.4) is 0 Å². The Kier molecular flexibility index (Phi) is 13.0. The molecule has 0 aromatic heterocycles. The number of para-hydroxylation sites is 1. The average molecular weight is 452 g/mol. The van der Waals surface area contributed by atoms with Gasteiger partial charge in [-0.3, -0.25) is 4.99 Å². The zero-order valence-corrected chi connectivity index (χ0v) is 20.7. The third kappa shape index (κ3) is 10.7. The van der Waals surface area contributed by atoms with E-state index in [1.807, 2.05) is 42.5 Å². The van der Waals surface area contributed by atoms with E-state index in [0.717, 1.165) is 30.8 Å². The van der Waals surface area contributed by atoms with Gasteiger partial charge in [0.15, 0.2) is 0 Å². The van der Waals surface area contributed by atoms with Gasteiger partial charge in [0.1, 0.15) is 5.75 Å². The Morgan fingerprint density at radius 1 is 0.909 bits per heavy atom. The van der Waals surface area contributed by atoms with Gasteiger partial charge in [-0.2, -0.15) is 0 Å². The largest absolute Gasteiger partial charge is 0.494 e. The Hall–Kier alpha value is -2.62. The van der Waals surface area contributed by atoms with Crippen molar-refractivity contribution in [3.05, 3.63) is 59.7 Å². The van der Waals surface area contributed by atoms with Crippen LogP contribution < -0.4 is 4.74 Å². The van der Waals surface area contributed by atoms with Crippen LogP contribution in [0.15, 0.2) is 53.5 Å². The van der Waals surface area contributed by atoms with Crippen LogP contribution in [0.1, 0.15) is 94.5 Å². The highest BCUT2D eigenvalue weighted by atomic mass is 16.5. The van der Waals surface area contributed by atoms with Gasteiger partial charge in [-0.25, -0.2) is 4.79 Å². The summed E-state index contributed by atoms with van der Waals surface area (Å²) in [5.74, 6) is 0.901. The van der Waals surface area contributed by atoms with Crippen LogP contribution in [0.4, 0.5) is 5.69 Å². The minimum atomic E-state index is -0.326. The summed E-state index contributed by atoms with van der Waals surface area (Å²) in [5, 5.41) is 0. The van der Waals surface area contributed by atoms with E-state index in [1.54, 1.807) is 12.3 Å². The molecule has 0 radical (unpaired) electrons. The highest BCUT2D eigenvalue weighted by molar-refractivity contribution is 5.96. The van der Waals surface area contributed by atoms with Crippen LogP contribution in [-0.2, 0) is 4.74 Å². The molecule has 0 aliphatic heterocycles. The number of nitrogens with zero attached hydrogens (tertiary/aromatic N) is 1. The van der Waals surface area contributed by atoms with E-state index in [4.69, 9.17) is 9.47 Å². The quantitative estimate of drug-likeness (QED) is 0.147. The maximum absolute atomic E-state index is 12.5. The zero-order chi connectivity index (χ0) is 23.7. The Labute approximate surface area is 200 Å². The lowest BCUT2D eigenvalue weighted by Crippen LogP contribution is -2.11. The van der Waals surface area contributed by atoms with E-state index in [1.165, 1.54) is 44.9 Å². The van der Waals surface area contributed by atoms with Crippen molar-refractivity contribution in [1.82, 2.24) is 0 Å². The molecule has 2 rings (SSSR count). The second-order valence-corrected chi connectivity index (χ2v) is 8.78. The van der Waals surface area contributed by atoms with Gasteiger partial charge in [0, 0.05) is 6.21 Å². The molecule has 1 atom stereocenters. The van der Waals surface area contributed by atoms with Crippen molar-refractivity contribution in [2.24, 2.45) is 10.9 Å². The molecule has 4 nitrogen and oxygen atoms in total. The van der Waals surface area contributed by atoms with E-state index in [2.05, 4.69) is 25.8 Å². The number of benzene rings is 2. The zero-order valence-electron chi connectivity index (χ0n) is 20.7. The first kappa shape index (κ1) is 26.6. The molecule has 4 heteroatoms. The molecule has 0 aliphatic rings. The summed E-state index contributed by atoms with van der Waals surface area (Å²) in [4.78, 5) is 17.0. The lowest BCUT2D eigenvalue weighted by molar-refractivity contribution is 0.0448. The third-order valence-corrected chi connectivity index (χ3v) is 5.82. The third-order valence-electron chi connectivity index (χ3n) is 5.82. The SMILES string of the molecule is CCCCCCCCCCOc1ccc(C=Nc2ccccc2C(=O)OCC(C)CC)cc1. The predicted octanol–water partition coefficient (Wildman–Crippen LogP) is 8.16. The highest BCUT2D eigenvalue weighted by Crippen LogP contribution is 2.21. The van der Waals surface area contributed by atoms with Crippen molar-refractivity contribution >= 4 is 17.9 Å². The molecule has 2 aromatic rings. The Morgan fingerprint density at radius 2 is 1.58 bits per heavy atom. The number of esters is 1. The molecular formula is C29H41NO3. The Balaban J connectivity index is 1.78. The number of aliphatic imine (C=N–C) groups is 1. The van der Waals surface area contributed by atoms with Gasteiger partial charge in [-0.15, -0.1) is 0 Å². The molecule has 0 saturated carbocycles. The Morgan fingerprint density at radius 3 is 2.27 bits per heavy atom. The predicted molar refractivity (Wildman–Crippen MR) is 138 cm³/mol. The van der Waals surface area contributed by atoms with Gasteiger partial charge < -0.3 is 9.47 Å². The fourth-order valence-corrected chi connectivity index (χ4v) is 3.39. The number of carbonyl (C=O) groups excluding carboxylic acids is 1. The molecule has 2 aromatic carbocycles. The van der Waals surface area contributed by atoms with Crippen LogP contribution in [0, 0.1) is 5.92 Å². The lowest BCUT2D eigenvalue weighted by Gasteiger charge is -2.10. The number of rotatable bonds is 16. The van der Waals surface area contributed by atoms with Gasteiger partial charge in [-0.1, -0.05) is 84.3 Å². The topological polar surface area (TPSA) is 47.9 Å². The van der Waals surface area contributed by atoms with Gasteiger partial charge in [-0.05, 0) is 54.3 Å². The number of hydrogen-bond donors (Lipinski definition) is 0. The van der Waals surface area contributed by atoms with Crippen LogP contribution >= 0.6 is 0 Å². The van der Waals surface area contributed by atoms with Crippen LogP contribution in [0.25, 0.3) is 0 Å². The van der Waals surface area contributed by atoms with Gasteiger partial charge in [0.2, 0.25) is 0 Å². The first-order chi connectivity index (χ1) is 16.1. The summed E-state index contributed by atoms with van der Waals surface area (Å²) in [6.07, 6.45) is 13.1. The van der Waals surface area contributed by atoms with Gasteiger partial charge >= 0.3 is 5.97 Å². The molecule has 1 unspecified atom stereocenters. The van der Waals surface area contributed by atoms with Crippen molar-refractivity contribution in [1.29, 1.82) is 0 Å². The summed E-state index contributed by atoms with van der Waals surface area (Å²) in [7, 11) is 0. The fraction of sp³-hybridized carbons (Fsp3) is 0.517. The molecule has 0 saturated heterocycles. The summed E-state index contributed by atoms with van der Waals surface area (Å²) in [6.45, 7) is 7.59. The second-order valence-electron chi connectivity index (χ2n) is 8.78. The minimum Gasteiger partial charge on any atom is -0.494 e. The molecule has 0 heterocycles. The average Bonchev–Trinajstić information content (AvgIpc) is 2.85. The molecule has 0 fully saturated rings. The smallest absolute Gasteiger partial charge is 0.340 e. The normalized spacial score (nSPS) is 12.1. The first-order valence-electron chi connectivity index (χ1n) is 12.7. The molecule has 33 heavy (non-hydrogen) atoms. The van der Waals surface area contributed by atoms with Crippen molar-refractivity contribution in [2.75, 3.05) is 13.2 Å². The van der Waals surface area contributed by atoms with E-state index in [-0.39, 0.29) is 5.97 Å². The van der Waals surface area contributed by atoms with E-state index >= 15 is 0 Å². The van der Waals surface area contributed by atoms with Crippen molar-refractivity contribution in [2.45, 2.75) is 78.6 Å². The van der Waals surface area contributed by atoms with Crippen molar-refractivity contribution in [3.63, 3.8) is 0 Å². The molecule has 0 amide bonds. The van der Waals surface area contributed by atoms with E-state index in [0.29, 0.717) is 23.8 Å². The van der Waals surface area contributed by atoms with Crippen LogP contribution in [0.2, 0.25) is 0 Å². The van der Waals surface area contributed by atoms with Gasteiger partial charge in [0.05, 0.1) is 24.5 Å². The maximum atomic E-state index is 12.5. The van der Waals surface area contributed by atoms with Crippen molar-refractivity contribution < 1.29 is 14.3 Å². The van der Waals surface area contributed by atoms with Crippen molar-refractivity contribution in [3.8, 4) is 5.75 Å². The second kappa shape index (κ2) is 16.1. The monoisotopic (exact) mass is 451 g/mol. The fourth-order valence-electron chi connectivity index (χ4n) is 3.39. The summed E-state index contributed by atoms with van der Waals surface area (Å²) >= 11 is 0. The highest BCUT2D eigenvalue weighted by Gasteiger charge is 2.13. The number of hydrogen-bond acceptors (Lipinski definition) is 4. The van der Waals surface area contributed by atoms with E-state index in [9.17, 15) is 4.79 Å². The molecule has 180 valence electrons. The van der Waals surface area contributed by atoms with Crippen LogP contribution in [0.5, 0.6) is 5.75 Å². The van der Waals surface area contributed by atoms with Gasteiger partial charge in [0.25, 0.3) is 0 Å². The lowest BCUT2D eigenvalue weighted by atomic mass is 10.1. The first-order valence-corrected chi connectivity index (χ1v) is 12.7. The summed E-state index contributed by atoms with van der Waals surface area (Å²) in [5.41, 5.74) is 2.06. The number of ether oxygens (including phenoxy) is 2. The number of carbonyl (C=O) groups is 1. The molecular weight excluding hydrogens is 410 g/mol. The van der Waals surface area contributed by atoms with Crippen LogP contribution in [-0.4, -0.2) is 25.4 Å². The summed E-state index contributed by atoms with van der Waals surface area (Å²) < 4.78 is 11.3. The Bertz CT molecular complexity index is 829. The van der Waals surface area contributed by atoms with E-state index < -0.39 is 0 Å². The minimum absolute atomic E-state index is 0.326.